The van der Waals surface area contributed by atoms with Gasteiger partial charge in [-0.2, -0.15) is 0 Å². The molecule has 0 aliphatic heterocycles. The summed E-state index contributed by atoms with van der Waals surface area (Å²) in [4.78, 5) is 29.6. The second-order valence-corrected chi connectivity index (χ2v) is 3.39. The molecular weight excluding hydrogens is 262 g/mol. The molecule has 0 aromatic rings. The molecule has 0 radical (unpaired) electrons. The van der Waals surface area contributed by atoms with Crippen LogP contribution in [0.15, 0.2) is 0 Å². The van der Waals surface area contributed by atoms with E-state index in [2.05, 4.69) is 9.35 Å². The van der Waals surface area contributed by atoms with Gasteiger partial charge in [0.1, 0.15) is 0 Å². The van der Waals surface area contributed by atoms with Crippen molar-refractivity contribution < 1.29 is 48.6 Å². The van der Waals surface area contributed by atoms with Gasteiger partial charge in [0.15, 0.2) is 0 Å². The Bertz CT molecular complexity index is 163. The summed E-state index contributed by atoms with van der Waals surface area (Å²) in [5, 5.41) is 17.4. The molecule has 0 saturated carbocycles. The fourth-order valence-corrected chi connectivity index (χ4v) is 0. The van der Waals surface area contributed by atoms with Crippen molar-refractivity contribution in [1.82, 2.24) is 0 Å². The summed E-state index contributed by atoms with van der Waals surface area (Å²) in [5.41, 5.74) is 0. The summed E-state index contributed by atoms with van der Waals surface area (Å²) >= 11 is 0. The molecule has 0 atom stereocenters. The fourth-order valence-electron chi connectivity index (χ4n) is 0. The van der Waals surface area contributed by atoms with E-state index in [-0.39, 0.29) is 37.7 Å². The van der Waals surface area contributed by atoms with E-state index in [4.69, 9.17) is 39.2 Å². The molecule has 0 spiro atoms. The van der Waals surface area contributed by atoms with Crippen molar-refractivity contribution in [1.29, 1.82) is 0 Å². The first-order chi connectivity index (χ1) is 5.12. The van der Waals surface area contributed by atoms with Gasteiger partial charge in [-0.15, -0.1) is 0 Å². The molecular formula is H4CaO10P2. The number of hydrogen-bond acceptors (Lipinski definition) is 6. The minimum atomic E-state index is -4.70. The van der Waals surface area contributed by atoms with Crippen LogP contribution in [0.25, 0.3) is 0 Å². The van der Waals surface area contributed by atoms with E-state index < -0.39 is 15.6 Å². The van der Waals surface area contributed by atoms with Crippen molar-refractivity contribution in [3.05, 3.63) is 0 Å². The fraction of sp³-hybridized carbons (Fsp3) is 0. The van der Waals surface area contributed by atoms with Crippen LogP contribution in [0.3, 0.4) is 0 Å². The summed E-state index contributed by atoms with van der Waals surface area (Å²) < 4.78 is 23.0. The third-order valence-electron chi connectivity index (χ3n) is 0.194. The molecule has 4 N–H and O–H groups in total. The predicted octanol–water partition coefficient (Wildman–Crippen LogP) is -3.64. The molecule has 0 aliphatic carbocycles. The average Bonchev–Trinajstić information content (AvgIpc) is 1.86. The van der Waals surface area contributed by atoms with Gasteiger partial charge < -0.3 is 39.4 Å². The molecule has 13 heteroatoms. The third kappa shape index (κ3) is 31.8. The number of hydrogen-bond donors (Lipinski definition) is 4. The van der Waals surface area contributed by atoms with Gasteiger partial charge in [-0.1, -0.05) is 0 Å². The molecule has 0 aromatic carbocycles. The largest absolute Gasteiger partial charge is 2.00 e. The zero-order chi connectivity index (χ0) is 10.4. The Morgan fingerprint density at radius 3 is 0.923 bits per heavy atom. The average molecular weight is 266 g/mol. The maximum atomic E-state index is 9.16. The van der Waals surface area contributed by atoms with E-state index in [9.17, 15) is 0 Å². The second-order valence-electron chi connectivity index (χ2n) is 1.13. The van der Waals surface area contributed by atoms with E-state index in [0.717, 1.165) is 0 Å². The van der Waals surface area contributed by atoms with Crippen LogP contribution in [0.2, 0.25) is 0 Å². The zero-order valence-corrected chi connectivity index (χ0v) is 9.84. The molecule has 0 unspecified atom stereocenters. The summed E-state index contributed by atoms with van der Waals surface area (Å²) in [6.45, 7) is 0. The van der Waals surface area contributed by atoms with Gasteiger partial charge in [0.25, 0.3) is 0 Å². The minimum absolute atomic E-state index is 0. The Morgan fingerprint density at radius 2 is 0.923 bits per heavy atom. The predicted molar refractivity (Wildman–Crippen MR) is 32.0 cm³/mol. The zero-order valence-electron chi connectivity index (χ0n) is 5.84. The summed E-state index contributed by atoms with van der Waals surface area (Å²) in [6, 6.07) is 0. The van der Waals surface area contributed by atoms with E-state index in [0.29, 0.717) is 0 Å². The van der Waals surface area contributed by atoms with Crippen molar-refractivity contribution >= 4 is 53.4 Å². The van der Waals surface area contributed by atoms with Gasteiger partial charge in [0, 0.05) is 0 Å². The van der Waals surface area contributed by atoms with Crippen LogP contribution in [0.1, 0.15) is 0 Å². The molecule has 0 bridgehead atoms. The Balaban J connectivity index is -0.000000143. The quantitative estimate of drug-likeness (QED) is 0.168. The first kappa shape index (κ1) is 19.9. The van der Waals surface area contributed by atoms with E-state index >= 15 is 0 Å². The monoisotopic (exact) mass is 266 g/mol. The van der Waals surface area contributed by atoms with E-state index in [1.807, 2.05) is 0 Å². The first-order valence-corrected chi connectivity index (χ1v) is 4.92. The van der Waals surface area contributed by atoms with Gasteiger partial charge in [0.2, 0.25) is 0 Å². The van der Waals surface area contributed by atoms with Crippen molar-refractivity contribution in [2.75, 3.05) is 0 Å². The molecule has 13 heavy (non-hydrogen) atoms. The molecule has 0 heterocycles. The molecule has 76 valence electrons. The van der Waals surface area contributed by atoms with Crippen molar-refractivity contribution in [2.45, 2.75) is 0 Å². The van der Waals surface area contributed by atoms with E-state index in [1.54, 1.807) is 0 Å². The topological polar surface area (TPSA) is 180 Å². The Kier molecular flexibility index (Phi) is 13.3. The second kappa shape index (κ2) is 8.69. The van der Waals surface area contributed by atoms with Crippen molar-refractivity contribution in [2.24, 2.45) is 0 Å². The van der Waals surface area contributed by atoms with E-state index in [1.165, 1.54) is 0 Å². The van der Waals surface area contributed by atoms with Crippen molar-refractivity contribution in [3.63, 3.8) is 0 Å². The van der Waals surface area contributed by atoms with Crippen LogP contribution < -0.4 is 10.5 Å². The summed E-state index contributed by atoms with van der Waals surface area (Å²) in [5.74, 6) is 0. The van der Waals surface area contributed by atoms with Gasteiger partial charge in [-0.05, 0) is 0 Å². The molecule has 0 fully saturated rings. The number of phosphoric acid groups is 2. The normalized spacial score (nSPS) is 10.9. The van der Waals surface area contributed by atoms with Crippen molar-refractivity contribution in [3.8, 4) is 0 Å². The van der Waals surface area contributed by atoms with Gasteiger partial charge in [-0.25, -0.2) is 9.13 Å². The molecule has 0 aliphatic rings. The smallest absolute Gasteiger partial charge is 0.714 e. The molecule has 0 saturated heterocycles. The van der Waals surface area contributed by atoms with Crippen LogP contribution >= 0.6 is 15.6 Å². The first-order valence-electron chi connectivity index (χ1n) is 1.86. The van der Waals surface area contributed by atoms with Crippen LogP contribution in [-0.4, -0.2) is 57.3 Å². The molecule has 0 rings (SSSR count). The summed E-state index contributed by atoms with van der Waals surface area (Å²) in [7, 11) is -9.40. The Morgan fingerprint density at radius 1 is 0.846 bits per heavy atom. The maximum absolute atomic E-state index is 9.16. The molecule has 0 aromatic heterocycles. The maximum Gasteiger partial charge on any atom is 2.00 e. The van der Waals surface area contributed by atoms with Crippen LogP contribution in [0.5, 0.6) is 0 Å². The third-order valence-corrected chi connectivity index (χ3v) is 0.583. The van der Waals surface area contributed by atoms with Crippen LogP contribution in [-0.2, 0) is 18.5 Å². The van der Waals surface area contributed by atoms with Gasteiger partial charge in [0.05, 0.1) is 0 Å². The molecule has 0 amide bonds. The minimum Gasteiger partial charge on any atom is -0.714 e. The van der Waals surface area contributed by atoms with Crippen LogP contribution in [0.4, 0.5) is 0 Å². The number of rotatable bonds is 2. The van der Waals surface area contributed by atoms with Gasteiger partial charge >= 0.3 is 53.4 Å². The standard InChI is InChI=1S/Ca.2H3O5P/c;2*1-5-6(2,3)4/h;2*1H,(H2,2,3,4)/q+2;;/p-2. The molecule has 10 nitrogen and oxygen atoms in total. The van der Waals surface area contributed by atoms with Crippen LogP contribution in [0, 0.1) is 0 Å². The Labute approximate surface area is 101 Å². The summed E-state index contributed by atoms with van der Waals surface area (Å²) in [6.07, 6.45) is 0. The SMILES string of the molecule is O=P(O)(O)O[O-].O=P(O)(O)O[O-].[Ca+2]. The Hall–Kier alpha value is 1.40. The van der Waals surface area contributed by atoms with Gasteiger partial charge in [-0.3, -0.25) is 0 Å².